The monoisotopic (exact) mass is 478 g/mol. The number of rotatable bonds is 7. The molecule has 0 atom stereocenters. The van der Waals surface area contributed by atoms with E-state index in [1.54, 1.807) is 6.20 Å². The average Bonchev–Trinajstić information content (AvgIpc) is 2.91. The van der Waals surface area contributed by atoms with E-state index < -0.39 is 0 Å². The van der Waals surface area contributed by atoms with Crippen molar-refractivity contribution in [1.29, 1.82) is 0 Å². The molecule has 1 amide bonds. The van der Waals surface area contributed by atoms with Crippen LogP contribution in [-0.4, -0.2) is 42.0 Å². The van der Waals surface area contributed by atoms with Crippen molar-refractivity contribution in [2.75, 3.05) is 36.4 Å². The van der Waals surface area contributed by atoms with Crippen LogP contribution in [0.25, 0.3) is 0 Å². The van der Waals surface area contributed by atoms with Gasteiger partial charge in [-0.2, -0.15) is 0 Å². The zero-order chi connectivity index (χ0) is 24.7. The van der Waals surface area contributed by atoms with Crippen LogP contribution < -0.4 is 15.0 Å². The third kappa shape index (κ3) is 6.09. The minimum Gasteiger partial charge on any atom is -0.457 e. The molecule has 3 aromatic carbocycles. The third-order valence-electron chi connectivity index (χ3n) is 6.30. The van der Waals surface area contributed by atoms with E-state index in [2.05, 4.69) is 32.2 Å². The fraction of sp³-hybridized carbons (Fsp3) is 0.200. The lowest BCUT2D eigenvalue weighted by Gasteiger charge is -2.35. The zero-order valence-corrected chi connectivity index (χ0v) is 20.4. The lowest BCUT2D eigenvalue weighted by molar-refractivity contribution is 0.102. The summed E-state index contributed by atoms with van der Waals surface area (Å²) in [7, 11) is 0. The first-order chi connectivity index (χ1) is 17.6. The molecule has 0 bridgehead atoms. The molecule has 6 nitrogen and oxygen atoms in total. The number of nitrogens with one attached hydrogen (secondary N) is 1. The minimum atomic E-state index is -0.128. The fourth-order valence-corrected chi connectivity index (χ4v) is 4.28. The molecule has 1 saturated heterocycles. The lowest BCUT2D eigenvalue weighted by Crippen LogP contribution is -2.46. The Hall–Kier alpha value is -4.16. The number of carbonyl (C=O) groups excluding carboxylic acids is 1. The number of piperazine rings is 1. The molecule has 182 valence electrons. The summed E-state index contributed by atoms with van der Waals surface area (Å²) in [5, 5.41) is 2.92. The second-order valence-corrected chi connectivity index (χ2v) is 9.05. The average molecular weight is 479 g/mol. The van der Waals surface area contributed by atoms with E-state index in [-0.39, 0.29) is 5.91 Å². The van der Waals surface area contributed by atoms with Crippen molar-refractivity contribution in [3.63, 3.8) is 0 Å². The Kier molecular flexibility index (Phi) is 7.24. The molecule has 1 aromatic heterocycles. The van der Waals surface area contributed by atoms with Crippen molar-refractivity contribution in [3.05, 3.63) is 114 Å². The topological polar surface area (TPSA) is 57.7 Å². The number of pyridine rings is 1. The fourth-order valence-electron chi connectivity index (χ4n) is 4.28. The second-order valence-electron chi connectivity index (χ2n) is 9.05. The van der Waals surface area contributed by atoms with E-state index in [1.165, 1.54) is 5.56 Å². The van der Waals surface area contributed by atoms with Gasteiger partial charge >= 0.3 is 0 Å². The van der Waals surface area contributed by atoms with Crippen LogP contribution >= 0.6 is 0 Å². The Morgan fingerprint density at radius 2 is 1.61 bits per heavy atom. The second kappa shape index (κ2) is 11.1. The quantitative estimate of drug-likeness (QED) is 0.366. The van der Waals surface area contributed by atoms with Crippen molar-refractivity contribution < 1.29 is 9.53 Å². The van der Waals surface area contributed by atoms with Gasteiger partial charge in [0.15, 0.2) is 0 Å². The maximum absolute atomic E-state index is 12.4. The predicted octanol–water partition coefficient (Wildman–Crippen LogP) is 5.76. The SMILES string of the molecule is Cc1ccc(C(=O)Nc2ccc(N3CCN(Cc4cccc(Oc5ccccc5)c4)CC3)nc2)cc1. The van der Waals surface area contributed by atoms with Gasteiger partial charge in [-0.3, -0.25) is 9.69 Å². The molecule has 1 fully saturated rings. The highest BCUT2D eigenvalue weighted by molar-refractivity contribution is 6.04. The third-order valence-corrected chi connectivity index (χ3v) is 6.30. The molecule has 0 saturated carbocycles. The van der Waals surface area contributed by atoms with Crippen molar-refractivity contribution in [3.8, 4) is 11.5 Å². The maximum atomic E-state index is 12.4. The Morgan fingerprint density at radius 1 is 0.861 bits per heavy atom. The van der Waals surface area contributed by atoms with Gasteiger partial charge in [0.1, 0.15) is 17.3 Å². The van der Waals surface area contributed by atoms with E-state index in [0.29, 0.717) is 11.3 Å². The summed E-state index contributed by atoms with van der Waals surface area (Å²) in [6.07, 6.45) is 1.73. The number of ether oxygens (including phenoxy) is 1. The Bertz CT molecular complexity index is 1280. The van der Waals surface area contributed by atoms with Gasteiger partial charge in [0.2, 0.25) is 0 Å². The molecule has 0 aliphatic carbocycles. The molecular formula is C30H30N4O2. The summed E-state index contributed by atoms with van der Waals surface area (Å²) in [6.45, 7) is 6.61. The van der Waals surface area contributed by atoms with Crippen LogP contribution in [0.5, 0.6) is 11.5 Å². The predicted molar refractivity (Wildman–Crippen MR) is 144 cm³/mol. The van der Waals surface area contributed by atoms with Gasteiger partial charge in [-0.25, -0.2) is 4.98 Å². The van der Waals surface area contributed by atoms with Crippen LogP contribution in [0.1, 0.15) is 21.5 Å². The molecule has 1 aliphatic heterocycles. The van der Waals surface area contributed by atoms with Gasteiger partial charge in [0, 0.05) is 38.3 Å². The summed E-state index contributed by atoms with van der Waals surface area (Å²) in [5.74, 6) is 2.50. The van der Waals surface area contributed by atoms with E-state index in [0.717, 1.165) is 55.6 Å². The van der Waals surface area contributed by atoms with Gasteiger partial charge in [-0.1, -0.05) is 48.0 Å². The number of hydrogen-bond donors (Lipinski definition) is 1. The largest absolute Gasteiger partial charge is 0.457 e. The van der Waals surface area contributed by atoms with Gasteiger partial charge < -0.3 is 15.0 Å². The molecular weight excluding hydrogens is 448 g/mol. The van der Waals surface area contributed by atoms with Crippen molar-refractivity contribution in [2.45, 2.75) is 13.5 Å². The van der Waals surface area contributed by atoms with E-state index in [9.17, 15) is 4.79 Å². The summed E-state index contributed by atoms with van der Waals surface area (Å²) in [5.41, 5.74) is 3.70. The van der Waals surface area contributed by atoms with Gasteiger partial charge in [0.05, 0.1) is 11.9 Å². The first-order valence-electron chi connectivity index (χ1n) is 12.3. The summed E-state index contributed by atoms with van der Waals surface area (Å²) >= 11 is 0. The summed E-state index contributed by atoms with van der Waals surface area (Å²) in [4.78, 5) is 21.8. The van der Waals surface area contributed by atoms with Gasteiger partial charge in [-0.15, -0.1) is 0 Å². The molecule has 1 N–H and O–H groups in total. The Morgan fingerprint density at radius 3 is 2.33 bits per heavy atom. The number of aryl methyl sites for hydroxylation is 1. The molecule has 0 unspecified atom stereocenters. The number of anilines is 2. The molecule has 2 heterocycles. The van der Waals surface area contributed by atoms with Crippen LogP contribution in [0.4, 0.5) is 11.5 Å². The van der Waals surface area contributed by atoms with Crippen LogP contribution in [0.2, 0.25) is 0 Å². The Balaban J connectivity index is 1.12. The van der Waals surface area contributed by atoms with Crippen molar-refractivity contribution in [1.82, 2.24) is 9.88 Å². The number of benzene rings is 3. The standard InChI is InChI=1S/C30H30N4O2/c1-23-10-12-25(13-11-23)30(35)32-26-14-15-29(31-21-26)34-18-16-33(17-19-34)22-24-6-5-9-28(20-24)36-27-7-3-2-4-8-27/h2-15,20-21H,16-19,22H2,1H3,(H,32,35). The van der Waals surface area contributed by atoms with Crippen LogP contribution in [0.3, 0.4) is 0 Å². The maximum Gasteiger partial charge on any atom is 0.255 e. The molecule has 6 heteroatoms. The molecule has 0 radical (unpaired) electrons. The lowest BCUT2D eigenvalue weighted by atomic mass is 10.1. The zero-order valence-electron chi connectivity index (χ0n) is 20.4. The summed E-state index contributed by atoms with van der Waals surface area (Å²) in [6, 6.07) is 29.6. The highest BCUT2D eigenvalue weighted by atomic mass is 16.5. The van der Waals surface area contributed by atoms with Crippen molar-refractivity contribution >= 4 is 17.4 Å². The molecule has 5 rings (SSSR count). The smallest absolute Gasteiger partial charge is 0.255 e. The highest BCUT2D eigenvalue weighted by Gasteiger charge is 2.18. The summed E-state index contributed by atoms with van der Waals surface area (Å²) < 4.78 is 5.99. The van der Waals surface area contributed by atoms with Gasteiger partial charge in [0.25, 0.3) is 5.91 Å². The van der Waals surface area contributed by atoms with E-state index in [4.69, 9.17) is 4.74 Å². The van der Waals surface area contributed by atoms with Crippen LogP contribution in [0.15, 0.2) is 97.2 Å². The number of amides is 1. The van der Waals surface area contributed by atoms with Crippen LogP contribution in [0, 0.1) is 6.92 Å². The van der Waals surface area contributed by atoms with E-state index in [1.807, 2.05) is 85.8 Å². The number of hydrogen-bond acceptors (Lipinski definition) is 5. The van der Waals surface area contributed by atoms with Gasteiger partial charge in [-0.05, 0) is 61.0 Å². The number of carbonyl (C=O) groups is 1. The number of para-hydroxylation sites is 1. The highest BCUT2D eigenvalue weighted by Crippen LogP contribution is 2.23. The number of nitrogens with zero attached hydrogens (tertiary/aromatic N) is 3. The van der Waals surface area contributed by atoms with Crippen LogP contribution in [-0.2, 0) is 6.54 Å². The number of aromatic nitrogens is 1. The Labute approximate surface area is 212 Å². The molecule has 0 spiro atoms. The van der Waals surface area contributed by atoms with E-state index >= 15 is 0 Å². The molecule has 36 heavy (non-hydrogen) atoms. The minimum absolute atomic E-state index is 0.128. The molecule has 4 aromatic rings. The normalized spacial score (nSPS) is 13.9. The molecule has 1 aliphatic rings. The first-order valence-corrected chi connectivity index (χ1v) is 12.3. The first kappa shape index (κ1) is 23.6. The van der Waals surface area contributed by atoms with Crippen molar-refractivity contribution in [2.24, 2.45) is 0 Å².